The molecule has 2 aromatic rings. The summed E-state index contributed by atoms with van der Waals surface area (Å²) in [4.78, 5) is 12.1. The highest BCUT2D eigenvalue weighted by Crippen LogP contribution is 2.42. The minimum absolute atomic E-state index is 0.170. The molecule has 1 amide bonds. The second-order valence-corrected chi connectivity index (χ2v) is 6.23. The predicted octanol–water partition coefficient (Wildman–Crippen LogP) is 3.32. The van der Waals surface area contributed by atoms with Crippen LogP contribution in [0.25, 0.3) is 10.8 Å². The van der Waals surface area contributed by atoms with E-state index in [2.05, 4.69) is 53.3 Å². The lowest BCUT2D eigenvalue weighted by Gasteiger charge is -2.41. The van der Waals surface area contributed by atoms with E-state index in [0.29, 0.717) is 5.92 Å². The summed E-state index contributed by atoms with van der Waals surface area (Å²) in [5, 5.41) is 2.55. The van der Waals surface area contributed by atoms with Crippen LogP contribution >= 0.6 is 0 Å². The average molecular weight is 280 g/mol. The molecule has 21 heavy (non-hydrogen) atoms. The average Bonchev–Trinajstić information content (AvgIpc) is 2.55. The quantitative estimate of drug-likeness (QED) is 0.841. The molecule has 2 fully saturated rings. The van der Waals surface area contributed by atoms with Crippen LogP contribution in [0.3, 0.4) is 0 Å². The maximum atomic E-state index is 12.1. The second kappa shape index (κ2) is 5.15. The number of hydrogen-bond donors (Lipinski definition) is 2. The van der Waals surface area contributed by atoms with Gasteiger partial charge in [-0.05, 0) is 35.1 Å². The van der Waals surface area contributed by atoms with Gasteiger partial charge in [-0.25, -0.2) is 5.43 Å². The fraction of sp³-hybridized carbons (Fsp3) is 0.389. The monoisotopic (exact) mass is 280 g/mol. The smallest absolute Gasteiger partial charge is 0.237 e. The molecule has 0 aromatic heterocycles. The molecule has 3 heteroatoms. The molecule has 2 aromatic carbocycles. The van der Waals surface area contributed by atoms with Crippen LogP contribution in [0.5, 0.6) is 0 Å². The van der Waals surface area contributed by atoms with Crippen molar-refractivity contribution >= 4 is 16.7 Å². The van der Waals surface area contributed by atoms with Crippen molar-refractivity contribution in [3.8, 4) is 0 Å². The Labute approximate surface area is 124 Å². The van der Waals surface area contributed by atoms with Crippen LogP contribution in [-0.2, 0) is 4.79 Å². The van der Waals surface area contributed by atoms with Crippen LogP contribution < -0.4 is 10.9 Å². The van der Waals surface area contributed by atoms with Crippen molar-refractivity contribution in [1.29, 1.82) is 0 Å². The number of benzene rings is 2. The Hall–Kier alpha value is -1.87. The third kappa shape index (κ3) is 2.12. The summed E-state index contributed by atoms with van der Waals surface area (Å²) in [5.41, 5.74) is 7.49. The number of carbonyl (C=O) groups excluding carboxylic acids is 1. The normalized spacial score (nSPS) is 29.0. The molecule has 108 valence electrons. The molecule has 3 atom stereocenters. The third-order valence-corrected chi connectivity index (χ3v) is 5.09. The van der Waals surface area contributed by atoms with Gasteiger partial charge in [0.1, 0.15) is 0 Å². The van der Waals surface area contributed by atoms with E-state index in [1.807, 2.05) is 0 Å². The van der Waals surface area contributed by atoms with Crippen LogP contribution in [0.15, 0.2) is 42.5 Å². The van der Waals surface area contributed by atoms with Crippen molar-refractivity contribution in [3.05, 3.63) is 48.0 Å². The Morgan fingerprint density at radius 3 is 2.71 bits per heavy atom. The molecular weight excluding hydrogens is 260 g/mol. The zero-order chi connectivity index (χ0) is 14.2. The number of rotatable bonds is 1. The van der Waals surface area contributed by atoms with Gasteiger partial charge in [-0.15, -0.1) is 0 Å². The maximum absolute atomic E-state index is 12.1. The first-order chi connectivity index (χ1) is 10.3. The van der Waals surface area contributed by atoms with E-state index in [4.69, 9.17) is 0 Å². The van der Waals surface area contributed by atoms with Crippen LogP contribution in [-0.4, -0.2) is 5.91 Å². The van der Waals surface area contributed by atoms with Gasteiger partial charge in [0.05, 0.1) is 6.04 Å². The molecule has 0 bridgehead atoms. The van der Waals surface area contributed by atoms with Gasteiger partial charge in [0.25, 0.3) is 0 Å². The number of hydrazine groups is 1. The van der Waals surface area contributed by atoms with Gasteiger partial charge in [0, 0.05) is 5.92 Å². The van der Waals surface area contributed by atoms with Gasteiger partial charge in [0.2, 0.25) is 5.91 Å². The maximum Gasteiger partial charge on any atom is 0.237 e. The fourth-order valence-corrected chi connectivity index (χ4v) is 4.06. The van der Waals surface area contributed by atoms with E-state index in [0.717, 1.165) is 12.8 Å². The number of amides is 1. The Bertz CT molecular complexity index is 676. The van der Waals surface area contributed by atoms with Gasteiger partial charge in [-0.3, -0.25) is 10.2 Å². The van der Waals surface area contributed by atoms with Gasteiger partial charge in [-0.1, -0.05) is 55.3 Å². The van der Waals surface area contributed by atoms with Crippen molar-refractivity contribution in [2.24, 2.45) is 11.8 Å². The molecule has 3 unspecified atom stereocenters. The van der Waals surface area contributed by atoms with Crippen molar-refractivity contribution < 1.29 is 4.79 Å². The molecule has 0 spiro atoms. The van der Waals surface area contributed by atoms with Gasteiger partial charge < -0.3 is 0 Å². The van der Waals surface area contributed by atoms with E-state index in [9.17, 15) is 4.79 Å². The lowest BCUT2D eigenvalue weighted by molar-refractivity contribution is -0.133. The molecule has 1 saturated heterocycles. The van der Waals surface area contributed by atoms with Gasteiger partial charge in [-0.2, -0.15) is 0 Å². The number of nitrogens with one attached hydrogen (secondary N) is 2. The zero-order valence-corrected chi connectivity index (χ0v) is 12.0. The molecule has 4 rings (SSSR count). The van der Waals surface area contributed by atoms with Crippen LogP contribution in [0.2, 0.25) is 0 Å². The Morgan fingerprint density at radius 1 is 0.952 bits per heavy atom. The van der Waals surface area contributed by atoms with E-state index in [-0.39, 0.29) is 17.9 Å². The molecule has 1 aliphatic heterocycles. The Kier molecular flexibility index (Phi) is 3.15. The summed E-state index contributed by atoms with van der Waals surface area (Å²) >= 11 is 0. The number of fused-ring (bicyclic) bond motifs is 2. The highest BCUT2D eigenvalue weighted by Gasteiger charge is 2.40. The van der Waals surface area contributed by atoms with Crippen LogP contribution in [0.1, 0.15) is 37.3 Å². The molecule has 2 N–H and O–H groups in total. The minimum atomic E-state index is 0.170. The molecule has 1 aliphatic carbocycles. The zero-order valence-electron chi connectivity index (χ0n) is 12.0. The lowest BCUT2D eigenvalue weighted by Crippen LogP contribution is -2.55. The predicted molar refractivity (Wildman–Crippen MR) is 83.4 cm³/mol. The van der Waals surface area contributed by atoms with Crippen LogP contribution in [0, 0.1) is 11.8 Å². The summed E-state index contributed by atoms with van der Waals surface area (Å²) in [7, 11) is 0. The van der Waals surface area contributed by atoms with Crippen molar-refractivity contribution in [2.45, 2.75) is 31.7 Å². The highest BCUT2D eigenvalue weighted by atomic mass is 16.2. The van der Waals surface area contributed by atoms with Crippen molar-refractivity contribution in [3.63, 3.8) is 0 Å². The SMILES string of the molecule is O=C1NNC(c2cccc3ccccc23)C2CCCCC12. The van der Waals surface area contributed by atoms with E-state index in [1.165, 1.54) is 29.2 Å². The van der Waals surface area contributed by atoms with Crippen LogP contribution in [0.4, 0.5) is 0 Å². The second-order valence-electron chi connectivity index (χ2n) is 6.23. The first-order valence-corrected chi connectivity index (χ1v) is 7.87. The van der Waals surface area contributed by atoms with Gasteiger partial charge in [0.15, 0.2) is 0 Å². The van der Waals surface area contributed by atoms with Crippen molar-refractivity contribution in [1.82, 2.24) is 10.9 Å². The first-order valence-electron chi connectivity index (χ1n) is 7.87. The molecule has 0 radical (unpaired) electrons. The summed E-state index contributed by atoms with van der Waals surface area (Å²) < 4.78 is 0. The van der Waals surface area contributed by atoms with E-state index < -0.39 is 0 Å². The van der Waals surface area contributed by atoms with E-state index >= 15 is 0 Å². The minimum Gasteiger partial charge on any atom is -0.291 e. The standard InChI is InChI=1S/C18H20N2O/c21-18-16-10-4-3-9-15(16)17(19-20-18)14-11-5-7-12-6-1-2-8-13(12)14/h1-2,5-8,11,15-17,19H,3-4,9-10H2,(H,20,21). The summed E-state index contributed by atoms with van der Waals surface area (Å²) in [5.74, 6) is 0.762. The van der Waals surface area contributed by atoms with E-state index in [1.54, 1.807) is 0 Å². The Balaban J connectivity index is 1.78. The summed E-state index contributed by atoms with van der Waals surface area (Å²) in [6.45, 7) is 0. The molecule has 3 nitrogen and oxygen atoms in total. The largest absolute Gasteiger partial charge is 0.291 e. The molecular formula is C18H20N2O. The number of hydrogen-bond acceptors (Lipinski definition) is 2. The lowest BCUT2D eigenvalue weighted by atomic mass is 9.71. The molecule has 2 aliphatic rings. The molecule has 1 heterocycles. The topological polar surface area (TPSA) is 41.1 Å². The third-order valence-electron chi connectivity index (χ3n) is 5.09. The number of carbonyl (C=O) groups is 1. The van der Waals surface area contributed by atoms with Gasteiger partial charge >= 0.3 is 0 Å². The molecule has 1 saturated carbocycles. The highest BCUT2D eigenvalue weighted by molar-refractivity contribution is 5.87. The fourth-order valence-electron chi connectivity index (χ4n) is 4.06. The summed E-state index contributed by atoms with van der Waals surface area (Å²) in [6.07, 6.45) is 4.58. The summed E-state index contributed by atoms with van der Waals surface area (Å²) in [6, 6.07) is 15.2. The first kappa shape index (κ1) is 12.8. The van der Waals surface area contributed by atoms with Crippen molar-refractivity contribution in [2.75, 3.05) is 0 Å². The Morgan fingerprint density at radius 2 is 1.76 bits per heavy atom.